The number of anilines is 1. The highest BCUT2D eigenvalue weighted by molar-refractivity contribution is 6.32. The summed E-state index contributed by atoms with van der Waals surface area (Å²) in [6.07, 6.45) is 0. The molecule has 0 saturated carbocycles. The molecule has 0 aliphatic heterocycles. The number of para-hydroxylation sites is 1. The molecule has 1 N–H and O–H groups in total. The molecule has 0 unspecified atom stereocenters. The topological polar surface area (TPSA) is 85.8 Å². The van der Waals surface area contributed by atoms with Gasteiger partial charge in [-0.25, -0.2) is 4.68 Å². The van der Waals surface area contributed by atoms with E-state index in [0.717, 1.165) is 0 Å². The molecule has 1 aromatic carbocycles. The molecule has 0 aliphatic rings. The molecule has 0 fully saturated rings. The Morgan fingerprint density at radius 3 is 2.77 bits per heavy atom. The highest BCUT2D eigenvalue weighted by Gasteiger charge is 2.19. The zero-order chi connectivity index (χ0) is 15.7. The lowest BCUT2D eigenvalue weighted by Crippen LogP contribution is -2.14. The van der Waals surface area contributed by atoms with Crippen LogP contribution in [0.2, 0.25) is 5.02 Å². The first-order valence-corrected chi connectivity index (χ1v) is 6.86. The van der Waals surface area contributed by atoms with E-state index in [2.05, 4.69) is 20.8 Å². The number of aryl methyl sites for hydroxylation is 1. The SMILES string of the molecule is Cc1cc(NC(=O)c2nnn(-c3ccccc3Cl)c2C)no1. The molecular weight excluding hydrogens is 306 g/mol. The third-order valence-electron chi connectivity index (χ3n) is 3.06. The van der Waals surface area contributed by atoms with Crippen molar-refractivity contribution >= 4 is 23.3 Å². The van der Waals surface area contributed by atoms with Crippen LogP contribution in [-0.2, 0) is 0 Å². The number of nitrogens with zero attached hydrogens (tertiary/aromatic N) is 4. The highest BCUT2D eigenvalue weighted by atomic mass is 35.5. The number of carbonyl (C=O) groups is 1. The largest absolute Gasteiger partial charge is 0.360 e. The fourth-order valence-corrected chi connectivity index (χ4v) is 2.21. The Morgan fingerprint density at radius 1 is 1.32 bits per heavy atom. The number of benzene rings is 1. The van der Waals surface area contributed by atoms with Gasteiger partial charge in [0.25, 0.3) is 5.91 Å². The summed E-state index contributed by atoms with van der Waals surface area (Å²) >= 11 is 6.14. The van der Waals surface area contributed by atoms with Crippen molar-refractivity contribution in [1.29, 1.82) is 0 Å². The number of nitrogens with one attached hydrogen (secondary N) is 1. The third kappa shape index (κ3) is 2.58. The van der Waals surface area contributed by atoms with Crippen LogP contribution in [0.15, 0.2) is 34.9 Å². The second-order valence-corrected chi connectivity index (χ2v) is 5.07. The number of halogens is 1. The summed E-state index contributed by atoms with van der Waals surface area (Å²) in [5, 5.41) is 14.7. The smallest absolute Gasteiger partial charge is 0.279 e. The van der Waals surface area contributed by atoms with E-state index < -0.39 is 5.91 Å². The van der Waals surface area contributed by atoms with Gasteiger partial charge in [-0.2, -0.15) is 0 Å². The number of rotatable bonds is 3. The van der Waals surface area contributed by atoms with Crippen LogP contribution in [0.25, 0.3) is 5.69 Å². The second kappa shape index (κ2) is 5.61. The first kappa shape index (κ1) is 14.3. The van der Waals surface area contributed by atoms with Crippen molar-refractivity contribution in [2.75, 3.05) is 5.32 Å². The highest BCUT2D eigenvalue weighted by Crippen LogP contribution is 2.21. The van der Waals surface area contributed by atoms with Crippen molar-refractivity contribution in [3.05, 3.63) is 52.5 Å². The van der Waals surface area contributed by atoms with Crippen LogP contribution in [0.3, 0.4) is 0 Å². The number of hydrogen-bond acceptors (Lipinski definition) is 5. The van der Waals surface area contributed by atoms with E-state index >= 15 is 0 Å². The molecular formula is C14H12ClN5O2. The van der Waals surface area contributed by atoms with Crippen LogP contribution in [-0.4, -0.2) is 26.1 Å². The average Bonchev–Trinajstić information content (AvgIpc) is 3.06. The summed E-state index contributed by atoms with van der Waals surface area (Å²) < 4.78 is 6.42. The van der Waals surface area contributed by atoms with Crippen LogP contribution in [0.5, 0.6) is 0 Å². The Hall–Kier alpha value is -2.67. The predicted octanol–water partition coefficient (Wildman–Crippen LogP) is 2.78. The zero-order valence-corrected chi connectivity index (χ0v) is 12.6. The van der Waals surface area contributed by atoms with Crippen LogP contribution in [0.1, 0.15) is 21.9 Å². The molecule has 112 valence electrons. The number of aromatic nitrogens is 4. The van der Waals surface area contributed by atoms with Gasteiger partial charge in [-0.1, -0.05) is 34.1 Å². The van der Waals surface area contributed by atoms with Crippen LogP contribution in [0.4, 0.5) is 5.82 Å². The minimum Gasteiger partial charge on any atom is -0.360 e. The van der Waals surface area contributed by atoms with Crippen molar-refractivity contribution in [3.63, 3.8) is 0 Å². The van der Waals surface area contributed by atoms with Crippen LogP contribution in [0, 0.1) is 13.8 Å². The fraction of sp³-hybridized carbons (Fsp3) is 0.143. The number of amides is 1. The van der Waals surface area contributed by atoms with Gasteiger partial charge in [0.15, 0.2) is 11.5 Å². The van der Waals surface area contributed by atoms with Crippen molar-refractivity contribution in [3.8, 4) is 5.69 Å². The molecule has 3 aromatic rings. The lowest BCUT2D eigenvalue weighted by Gasteiger charge is -2.05. The van der Waals surface area contributed by atoms with Crippen LogP contribution >= 0.6 is 11.6 Å². The van der Waals surface area contributed by atoms with E-state index in [1.54, 1.807) is 32.0 Å². The van der Waals surface area contributed by atoms with Gasteiger partial charge < -0.3 is 9.84 Å². The molecule has 1 amide bonds. The molecule has 7 nitrogen and oxygen atoms in total. The Kier molecular flexibility index (Phi) is 3.64. The van der Waals surface area contributed by atoms with Crippen LogP contribution < -0.4 is 5.32 Å². The van der Waals surface area contributed by atoms with Crippen molar-refractivity contribution in [2.45, 2.75) is 13.8 Å². The van der Waals surface area contributed by atoms with Gasteiger partial charge in [0, 0.05) is 6.07 Å². The zero-order valence-electron chi connectivity index (χ0n) is 11.9. The van der Waals surface area contributed by atoms with Gasteiger partial charge >= 0.3 is 0 Å². The molecule has 22 heavy (non-hydrogen) atoms. The van der Waals surface area contributed by atoms with Gasteiger partial charge in [0.2, 0.25) is 0 Å². The lowest BCUT2D eigenvalue weighted by atomic mass is 10.3. The number of carbonyl (C=O) groups excluding carboxylic acids is 1. The minimum atomic E-state index is -0.413. The molecule has 0 atom stereocenters. The predicted molar refractivity (Wildman–Crippen MR) is 80.3 cm³/mol. The van der Waals surface area contributed by atoms with Gasteiger partial charge in [-0.15, -0.1) is 5.10 Å². The number of hydrogen-bond donors (Lipinski definition) is 1. The van der Waals surface area contributed by atoms with Gasteiger partial charge in [0.05, 0.1) is 16.4 Å². The van der Waals surface area contributed by atoms with E-state index in [9.17, 15) is 4.79 Å². The maximum absolute atomic E-state index is 12.2. The summed E-state index contributed by atoms with van der Waals surface area (Å²) in [6.45, 7) is 3.48. The first-order valence-electron chi connectivity index (χ1n) is 6.48. The third-order valence-corrected chi connectivity index (χ3v) is 3.38. The molecule has 0 spiro atoms. The Morgan fingerprint density at radius 2 is 2.09 bits per heavy atom. The van der Waals surface area contributed by atoms with E-state index in [4.69, 9.17) is 16.1 Å². The average molecular weight is 318 g/mol. The van der Waals surface area contributed by atoms with E-state index in [0.29, 0.717) is 28.0 Å². The fourth-order valence-electron chi connectivity index (χ4n) is 1.99. The second-order valence-electron chi connectivity index (χ2n) is 4.66. The molecule has 3 rings (SSSR count). The summed E-state index contributed by atoms with van der Waals surface area (Å²) in [6, 6.07) is 8.81. The van der Waals surface area contributed by atoms with Gasteiger partial charge in [0.1, 0.15) is 5.76 Å². The quantitative estimate of drug-likeness (QED) is 0.802. The standard InChI is InChI=1S/C14H12ClN5O2/c1-8-7-12(18-22-8)16-14(21)13-9(2)20(19-17-13)11-6-4-3-5-10(11)15/h3-7H,1-2H3,(H,16,18,21). The van der Waals surface area contributed by atoms with Crippen molar-refractivity contribution < 1.29 is 9.32 Å². The first-order chi connectivity index (χ1) is 10.6. The Bertz CT molecular complexity index is 839. The van der Waals surface area contributed by atoms with Gasteiger partial charge in [-0.3, -0.25) is 4.79 Å². The normalized spacial score (nSPS) is 10.7. The lowest BCUT2D eigenvalue weighted by molar-refractivity contribution is 0.102. The molecule has 0 radical (unpaired) electrons. The maximum Gasteiger partial charge on any atom is 0.279 e. The molecule has 8 heteroatoms. The van der Waals surface area contributed by atoms with Crippen molar-refractivity contribution in [1.82, 2.24) is 20.2 Å². The minimum absolute atomic E-state index is 0.195. The molecule has 2 aromatic heterocycles. The summed E-state index contributed by atoms with van der Waals surface area (Å²) in [5.74, 6) is 0.519. The Labute approximate surface area is 130 Å². The monoisotopic (exact) mass is 317 g/mol. The molecule has 0 saturated heterocycles. The summed E-state index contributed by atoms with van der Waals surface area (Å²) in [5.41, 5.74) is 1.43. The Balaban J connectivity index is 1.90. The van der Waals surface area contributed by atoms with Crippen molar-refractivity contribution in [2.24, 2.45) is 0 Å². The molecule has 0 aliphatic carbocycles. The van der Waals surface area contributed by atoms with Gasteiger partial charge in [-0.05, 0) is 26.0 Å². The van der Waals surface area contributed by atoms with E-state index in [-0.39, 0.29) is 5.69 Å². The summed E-state index contributed by atoms with van der Waals surface area (Å²) in [4.78, 5) is 12.2. The van der Waals surface area contributed by atoms with E-state index in [1.807, 2.05) is 12.1 Å². The molecule has 2 heterocycles. The summed E-state index contributed by atoms with van der Waals surface area (Å²) in [7, 11) is 0. The maximum atomic E-state index is 12.2. The van der Waals surface area contributed by atoms with E-state index in [1.165, 1.54) is 4.68 Å². The molecule has 0 bridgehead atoms.